The van der Waals surface area contributed by atoms with E-state index in [1.54, 1.807) is 6.20 Å². The van der Waals surface area contributed by atoms with Gasteiger partial charge in [-0.1, -0.05) is 22.6 Å². The summed E-state index contributed by atoms with van der Waals surface area (Å²) < 4.78 is 2.75. The predicted octanol–water partition coefficient (Wildman–Crippen LogP) is 1.04. The van der Waals surface area contributed by atoms with Gasteiger partial charge in [-0.3, -0.25) is 0 Å². The molecule has 0 amide bonds. The molecule has 0 fully saturated rings. The van der Waals surface area contributed by atoms with Crippen molar-refractivity contribution < 1.29 is 5.11 Å². The molecule has 1 aromatic heterocycles. The fraction of sp³-hybridized carbons (Fsp3) is 0.286. The van der Waals surface area contributed by atoms with E-state index < -0.39 is 0 Å². The zero-order valence-electron chi connectivity index (χ0n) is 6.00. The first kappa shape index (κ1) is 8.40. The smallest absolute Gasteiger partial charge is 0.188 e. The van der Waals surface area contributed by atoms with Gasteiger partial charge < -0.3 is 9.67 Å². The summed E-state index contributed by atoms with van der Waals surface area (Å²) in [5.41, 5.74) is 1.10. The standard InChI is InChI=1S/C7H7IN2O/c1-10-6(4-8)5-9-7(10)2-3-11/h5,11H,4H2,1H3. The third-order valence-corrected chi connectivity index (χ3v) is 2.17. The molecule has 58 valence electrons. The van der Waals surface area contributed by atoms with Gasteiger partial charge in [-0.25, -0.2) is 4.98 Å². The first-order chi connectivity index (χ1) is 5.29. The van der Waals surface area contributed by atoms with Crippen molar-refractivity contribution in [2.45, 2.75) is 4.43 Å². The Labute approximate surface area is 78.6 Å². The second kappa shape index (κ2) is 3.62. The summed E-state index contributed by atoms with van der Waals surface area (Å²) in [7, 11) is 1.88. The zero-order valence-corrected chi connectivity index (χ0v) is 8.16. The minimum atomic E-state index is 0.596. The fourth-order valence-electron chi connectivity index (χ4n) is 0.735. The molecule has 0 aliphatic heterocycles. The minimum Gasteiger partial charge on any atom is -0.462 e. The van der Waals surface area contributed by atoms with Crippen LogP contribution in [-0.2, 0) is 11.5 Å². The number of aliphatic hydroxyl groups excluding tert-OH is 1. The number of halogens is 1. The molecule has 1 N–H and O–H groups in total. The molecule has 0 unspecified atom stereocenters. The number of aliphatic hydroxyl groups is 1. The molecule has 11 heavy (non-hydrogen) atoms. The third-order valence-electron chi connectivity index (χ3n) is 1.39. The Balaban J connectivity index is 3.07. The van der Waals surface area contributed by atoms with Crippen LogP contribution in [0.3, 0.4) is 0 Å². The lowest BCUT2D eigenvalue weighted by atomic mass is 10.5. The molecular formula is C7H7IN2O. The van der Waals surface area contributed by atoms with Crippen molar-refractivity contribution in [3.05, 3.63) is 17.7 Å². The largest absolute Gasteiger partial charge is 0.462 e. The van der Waals surface area contributed by atoms with Gasteiger partial charge in [0.2, 0.25) is 0 Å². The summed E-state index contributed by atoms with van der Waals surface area (Å²) >= 11 is 2.25. The lowest BCUT2D eigenvalue weighted by Crippen LogP contribution is -1.96. The molecule has 3 nitrogen and oxygen atoms in total. The Morgan fingerprint density at radius 3 is 3.00 bits per heavy atom. The number of alkyl halides is 1. The van der Waals surface area contributed by atoms with E-state index in [2.05, 4.69) is 33.5 Å². The summed E-state index contributed by atoms with van der Waals surface area (Å²) in [4.78, 5) is 4.00. The van der Waals surface area contributed by atoms with E-state index in [9.17, 15) is 0 Å². The van der Waals surface area contributed by atoms with Crippen molar-refractivity contribution in [3.8, 4) is 12.0 Å². The van der Waals surface area contributed by atoms with Crippen LogP contribution in [0.4, 0.5) is 0 Å². The maximum atomic E-state index is 8.31. The van der Waals surface area contributed by atoms with Crippen molar-refractivity contribution in [1.29, 1.82) is 0 Å². The molecule has 1 rings (SSSR count). The third kappa shape index (κ3) is 1.66. The number of hydrogen-bond donors (Lipinski definition) is 1. The number of imidazole rings is 1. The maximum Gasteiger partial charge on any atom is 0.188 e. The molecule has 0 radical (unpaired) electrons. The Hall–Kier alpha value is -0.700. The quantitative estimate of drug-likeness (QED) is 0.466. The van der Waals surface area contributed by atoms with Gasteiger partial charge in [-0.2, -0.15) is 0 Å². The molecule has 0 spiro atoms. The Morgan fingerprint density at radius 2 is 2.55 bits per heavy atom. The van der Waals surface area contributed by atoms with E-state index >= 15 is 0 Å². The van der Waals surface area contributed by atoms with Gasteiger partial charge in [0.1, 0.15) is 6.11 Å². The van der Waals surface area contributed by atoms with E-state index in [-0.39, 0.29) is 0 Å². The molecular weight excluding hydrogens is 255 g/mol. The highest BCUT2D eigenvalue weighted by Crippen LogP contribution is 2.06. The summed E-state index contributed by atoms with van der Waals surface area (Å²) in [6.45, 7) is 0. The van der Waals surface area contributed by atoms with Gasteiger partial charge in [-0.05, 0) is 0 Å². The maximum absolute atomic E-state index is 8.31. The summed E-state index contributed by atoms with van der Waals surface area (Å²) in [6, 6.07) is 0. The van der Waals surface area contributed by atoms with E-state index in [0.29, 0.717) is 5.82 Å². The van der Waals surface area contributed by atoms with E-state index in [4.69, 9.17) is 5.11 Å². The van der Waals surface area contributed by atoms with Gasteiger partial charge >= 0.3 is 0 Å². The summed E-state index contributed by atoms with van der Waals surface area (Å²) in [6.07, 6.45) is 3.58. The van der Waals surface area contributed by atoms with Crippen molar-refractivity contribution in [1.82, 2.24) is 9.55 Å². The van der Waals surface area contributed by atoms with Crippen LogP contribution in [0.25, 0.3) is 0 Å². The number of aromatic nitrogens is 2. The highest BCUT2D eigenvalue weighted by atomic mass is 127. The molecule has 1 aromatic rings. The Morgan fingerprint density at radius 1 is 1.82 bits per heavy atom. The number of rotatable bonds is 1. The average Bonchev–Trinajstić information content (AvgIpc) is 2.34. The highest BCUT2D eigenvalue weighted by Gasteiger charge is 2.01. The van der Waals surface area contributed by atoms with E-state index in [0.717, 1.165) is 10.1 Å². The zero-order chi connectivity index (χ0) is 8.27. The first-order valence-corrected chi connectivity index (χ1v) is 4.53. The van der Waals surface area contributed by atoms with Crippen LogP contribution in [0.1, 0.15) is 11.5 Å². The van der Waals surface area contributed by atoms with Crippen molar-refractivity contribution in [3.63, 3.8) is 0 Å². The SMILES string of the molecule is Cn1c(CI)cnc1C#CO. The van der Waals surface area contributed by atoms with Crippen LogP contribution in [0.15, 0.2) is 6.20 Å². The van der Waals surface area contributed by atoms with Crippen LogP contribution >= 0.6 is 22.6 Å². The van der Waals surface area contributed by atoms with Crippen molar-refractivity contribution in [2.75, 3.05) is 0 Å². The van der Waals surface area contributed by atoms with Crippen LogP contribution in [0.2, 0.25) is 0 Å². The molecule has 0 saturated heterocycles. The van der Waals surface area contributed by atoms with Crippen molar-refractivity contribution >= 4 is 22.6 Å². The molecule has 0 atom stereocenters. The van der Waals surface area contributed by atoms with E-state index in [1.165, 1.54) is 0 Å². The summed E-state index contributed by atoms with van der Waals surface area (Å²) in [5.74, 6) is 3.08. The predicted molar refractivity (Wildman–Crippen MR) is 49.7 cm³/mol. The van der Waals surface area contributed by atoms with Crippen LogP contribution in [-0.4, -0.2) is 14.7 Å². The monoisotopic (exact) mass is 262 g/mol. The van der Waals surface area contributed by atoms with Crippen molar-refractivity contribution in [2.24, 2.45) is 7.05 Å². The number of hydrogen-bond acceptors (Lipinski definition) is 2. The van der Waals surface area contributed by atoms with Gasteiger partial charge in [0, 0.05) is 23.1 Å². The van der Waals surface area contributed by atoms with Gasteiger partial charge in [0.05, 0.1) is 6.20 Å². The minimum absolute atomic E-state index is 0.596. The number of nitrogens with zero attached hydrogens (tertiary/aromatic N) is 2. The molecule has 0 aromatic carbocycles. The second-order valence-electron chi connectivity index (χ2n) is 2.00. The first-order valence-electron chi connectivity index (χ1n) is 3.01. The van der Waals surface area contributed by atoms with Crippen LogP contribution < -0.4 is 0 Å². The fourth-order valence-corrected chi connectivity index (χ4v) is 1.44. The Kier molecular flexibility index (Phi) is 2.76. The molecule has 0 aliphatic rings. The highest BCUT2D eigenvalue weighted by molar-refractivity contribution is 14.1. The Bertz CT molecular complexity index is 308. The second-order valence-corrected chi connectivity index (χ2v) is 2.77. The molecule has 1 heterocycles. The van der Waals surface area contributed by atoms with Gasteiger partial charge in [0.25, 0.3) is 0 Å². The molecule has 0 aliphatic carbocycles. The van der Waals surface area contributed by atoms with E-state index in [1.807, 2.05) is 17.7 Å². The lowest BCUT2D eigenvalue weighted by molar-refractivity contribution is 0.517. The lowest BCUT2D eigenvalue weighted by Gasteiger charge is -1.96. The van der Waals surface area contributed by atoms with Crippen LogP contribution in [0.5, 0.6) is 0 Å². The average molecular weight is 262 g/mol. The normalized spacial score (nSPS) is 8.91. The molecule has 0 bridgehead atoms. The topological polar surface area (TPSA) is 38.0 Å². The van der Waals surface area contributed by atoms with Gasteiger partial charge in [-0.15, -0.1) is 0 Å². The molecule has 4 heteroatoms. The van der Waals surface area contributed by atoms with Gasteiger partial charge in [0.15, 0.2) is 5.82 Å². The summed E-state index contributed by atoms with van der Waals surface area (Å²) in [5, 5.41) is 8.31. The molecule has 0 saturated carbocycles. The van der Waals surface area contributed by atoms with Crippen LogP contribution in [0, 0.1) is 12.0 Å².